The van der Waals surface area contributed by atoms with Gasteiger partial charge in [-0.15, -0.1) is 0 Å². The summed E-state index contributed by atoms with van der Waals surface area (Å²) < 4.78 is 11.8. The molecule has 0 fully saturated rings. The van der Waals surface area contributed by atoms with E-state index in [2.05, 4.69) is 21.0 Å². The average molecular weight is 528 g/mol. The lowest BCUT2D eigenvalue weighted by Crippen LogP contribution is -2.31. The molecule has 0 spiro atoms. The van der Waals surface area contributed by atoms with Crippen molar-refractivity contribution in [3.05, 3.63) is 92.9 Å². The minimum atomic E-state index is -0.326. The van der Waals surface area contributed by atoms with Crippen molar-refractivity contribution in [2.45, 2.75) is 12.5 Å². The molecule has 168 valence electrons. The predicted octanol–water partition coefficient (Wildman–Crippen LogP) is 5.68. The van der Waals surface area contributed by atoms with Crippen molar-refractivity contribution in [1.29, 1.82) is 0 Å². The van der Waals surface area contributed by atoms with E-state index in [1.165, 1.54) is 5.01 Å². The quantitative estimate of drug-likeness (QED) is 0.371. The SMILES string of the molecule is COc1cccc(C2=NN(C(=O)COc3ccc(Br)cc3C=O)C(c3ccc(Cl)cc3)C2)c1. The Bertz CT molecular complexity index is 1210. The topological polar surface area (TPSA) is 68.2 Å². The van der Waals surface area contributed by atoms with Gasteiger partial charge in [0, 0.05) is 21.5 Å². The van der Waals surface area contributed by atoms with Gasteiger partial charge in [-0.2, -0.15) is 5.10 Å². The van der Waals surface area contributed by atoms with Crippen molar-refractivity contribution >= 4 is 45.4 Å². The van der Waals surface area contributed by atoms with E-state index in [1.54, 1.807) is 37.4 Å². The van der Waals surface area contributed by atoms with Crippen LogP contribution < -0.4 is 9.47 Å². The number of hydrogen-bond acceptors (Lipinski definition) is 5. The van der Waals surface area contributed by atoms with Crippen molar-refractivity contribution in [2.75, 3.05) is 13.7 Å². The highest BCUT2D eigenvalue weighted by atomic mass is 79.9. The summed E-state index contributed by atoms with van der Waals surface area (Å²) in [4.78, 5) is 24.5. The first-order chi connectivity index (χ1) is 16.0. The first kappa shape index (κ1) is 23.0. The number of nitrogens with zero attached hydrogens (tertiary/aromatic N) is 2. The first-order valence-electron chi connectivity index (χ1n) is 10.2. The molecule has 1 aliphatic heterocycles. The molecular formula is C25H20BrClN2O4. The number of methoxy groups -OCH3 is 1. The number of aldehydes is 1. The van der Waals surface area contributed by atoms with Crippen LogP contribution in [0.25, 0.3) is 0 Å². The van der Waals surface area contributed by atoms with Crippen LogP contribution in [0.5, 0.6) is 11.5 Å². The fourth-order valence-electron chi connectivity index (χ4n) is 3.61. The maximum Gasteiger partial charge on any atom is 0.281 e. The molecule has 0 saturated heterocycles. The maximum atomic E-state index is 13.2. The van der Waals surface area contributed by atoms with Gasteiger partial charge in [-0.05, 0) is 48.0 Å². The van der Waals surface area contributed by atoms with E-state index in [0.717, 1.165) is 21.3 Å². The molecule has 1 unspecified atom stereocenters. The van der Waals surface area contributed by atoms with Crippen LogP contribution in [0.2, 0.25) is 5.02 Å². The van der Waals surface area contributed by atoms with Crippen LogP contribution in [0, 0.1) is 0 Å². The molecule has 0 saturated carbocycles. The van der Waals surface area contributed by atoms with Crippen LogP contribution in [-0.4, -0.2) is 36.6 Å². The molecule has 3 aromatic rings. The second-order valence-corrected chi connectivity index (χ2v) is 8.73. The number of halogens is 2. The van der Waals surface area contributed by atoms with Crippen molar-refractivity contribution in [3.8, 4) is 11.5 Å². The lowest BCUT2D eigenvalue weighted by Gasteiger charge is -2.22. The van der Waals surface area contributed by atoms with Gasteiger partial charge in [0.15, 0.2) is 12.9 Å². The van der Waals surface area contributed by atoms with Crippen LogP contribution in [0.1, 0.15) is 33.9 Å². The smallest absolute Gasteiger partial charge is 0.281 e. The molecule has 6 nitrogen and oxygen atoms in total. The highest BCUT2D eigenvalue weighted by Crippen LogP contribution is 2.34. The zero-order chi connectivity index (χ0) is 23.4. The Balaban J connectivity index is 1.60. The van der Waals surface area contributed by atoms with Crippen molar-refractivity contribution in [2.24, 2.45) is 5.10 Å². The molecular weight excluding hydrogens is 508 g/mol. The van der Waals surface area contributed by atoms with E-state index < -0.39 is 0 Å². The zero-order valence-corrected chi connectivity index (χ0v) is 20.0. The second kappa shape index (κ2) is 10.2. The van der Waals surface area contributed by atoms with Crippen LogP contribution in [0.3, 0.4) is 0 Å². The Kier molecular flexibility index (Phi) is 7.11. The summed E-state index contributed by atoms with van der Waals surface area (Å²) in [5.74, 6) is 0.719. The lowest BCUT2D eigenvalue weighted by molar-refractivity contribution is -0.135. The van der Waals surface area contributed by atoms with Crippen LogP contribution >= 0.6 is 27.5 Å². The summed E-state index contributed by atoms with van der Waals surface area (Å²) in [6, 6.07) is 19.6. The third-order valence-electron chi connectivity index (χ3n) is 5.27. The summed E-state index contributed by atoms with van der Waals surface area (Å²) in [6.45, 7) is -0.262. The third-order valence-corrected chi connectivity index (χ3v) is 6.02. The minimum Gasteiger partial charge on any atom is -0.497 e. The zero-order valence-electron chi connectivity index (χ0n) is 17.7. The number of benzene rings is 3. The molecule has 1 aliphatic rings. The molecule has 1 amide bonds. The van der Waals surface area contributed by atoms with Crippen molar-refractivity contribution in [1.82, 2.24) is 5.01 Å². The monoisotopic (exact) mass is 526 g/mol. The van der Waals surface area contributed by atoms with E-state index in [1.807, 2.05) is 36.4 Å². The van der Waals surface area contributed by atoms with Crippen molar-refractivity contribution < 1.29 is 19.1 Å². The molecule has 0 bridgehead atoms. The van der Waals surface area contributed by atoms with E-state index in [0.29, 0.717) is 34.8 Å². The first-order valence-corrected chi connectivity index (χ1v) is 11.3. The van der Waals surface area contributed by atoms with Gasteiger partial charge in [-0.1, -0.05) is 51.8 Å². The van der Waals surface area contributed by atoms with Gasteiger partial charge < -0.3 is 9.47 Å². The molecule has 3 aromatic carbocycles. The van der Waals surface area contributed by atoms with E-state index in [4.69, 9.17) is 21.1 Å². The molecule has 0 radical (unpaired) electrons. The number of carbonyl (C=O) groups is 2. The summed E-state index contributed by atoms with van der Waals surface area (Å²) in [5, 5.41) is 6.69. The Hall–Kier alpha value is -3.16. The molecule has 0 aromatic heterocycles. The Morgan fingerprint density at radius 3 is 2.70 bits per heavy atom. The fraction of sp³-hybridized carbons (Fsp3) is 0.160. The Morgan fingerprint density at radius 1 is 1.18 bits per heavy atom. The normalized spacial score (nSPS) is 15.2. The molecule has 1 heterocycles. The van der Waals surface area contributed by atoms with Gasteiger partial charge in [0.25, 0.3) is 5.91 Å². The van der Waals surface area contributed by atoms with Gasteiger partial charge in [0.05, 0.1) is 24.4 Å². The molecule has 0 N–H and O–H groups in total. The molecule has 4 rings (SSSR count). The van der Waals surface area contributed by atoms with Crippen LogP contribution in [-0.2, 0) is 4.79 Å². The fourth-order valence-corrected chi connectivity index (χ4v) is 4.12. The van der Waals surface area contributed by atoms with Gasteiger partial charge in [-0.3, -0.25) is 9.59 Å². The number of carbonyl (C=O) groups excluding carboxylic acids is 2. The molecule has 8 heteroatoms. The highest BCUT2D eigenvalue weighted by molar-refractivity contribution is 9.10. The summed E-state index contributed by atoms with van der Waals surface area (Å²) in [5.41, 5.74) is 2.90. The van der Waals surface area contributed by atoms with Gasteiger partial charge in [-0.25, -0.2) is 5.01 Å². The Morgan fingerprint density at radius 2 is 1.97 bits per heavy atom. The van der Waals surface area contributed by atoms with Crippen LogP contribution in [0.15, 0.2) is 76.3 Å². The average Bonchev–Trinajstić information content (AvgIpc) is 3.29. The largest absolute Gasteiger partial charge is 0.497 e. The molecule has 0 aliphatic carbocycles. The van der Waals surface area contributed by atoms with E-state index >= 15 is 0 Å². The van der Waals surface area contributed by atoms with Gasteiger partial charge in [0.2, 0.25) is 0 Å². The number of ether oxygens (including phenoxy) is 2. The minimum absolute atomic E-state index is 0.262. The third kappa shape index (κ3) is 5.26. The number of rotatable bonds is 7. The number of hydrogen-bond donors (Lipinski definition) is 0. The van der Waals surface area contributed by atoms with Crippen LogP contribution in [0.4, 0.5) is 0 Å². The number of amides is 1. The van der Waals surface area contributed by atoms with Crippen molar-refractivity contribution in [3.63, 3.8) is 0 Å². The molecule has 1 atom stereocenters. The maximum absolute atomic E-state index is 13.2. The van der Waals surface area contributed by atoms with Gasteiger partial charge >= 0.3 is 0 Å². The summed E-state index contributed by atoms with van der Waals surface area (Å²) in [6.07, 6.45) is 1.22. The predicted molar refractivity (Wildman–Crippen MR) is 130 cm³/mol. The van der Waals surface area contributed by atoms with E-state index in [-0.39, 0.29) is 18.6 Å². The summed E-state index contributed by atoms with van der Waals surface area (Å²) in [7, 11) is 1.61. The lowest BCUT2D eigenvalue weighted by atomic mass is 9.98. The highest BCUT2D eigenvalue weighted by Gasteiger charge is 2.33. The second-order valence-electron chi connectivity index (χ2n) is 7.38. The standard InChI is InChI=1S/C25H20BrClN2O4/c1-32-21-4-2-3-17(12-21)22-13-23(16-5-8-20(27)9-6-16)29(28-22)25(31)15-33-24-10-7-19(26)11-18(24)14-30/h2-12,14,23H,13,15H2,1H3. The number of hydrazone groups is 1. The molecule has 33 heavy (non-hydrogen) atoms. The van der Waals surface area contributed by atoms with E-state index in [9.17, 15) is 9.59 Å². The van der Waals surface area contributed by atoms with Gasteiger partial charge in [0.1, 0.15) is 11.5 Å². The summed E-state index contributed by atoms with van der Waals surface area (Å²) >= 11 is 9.38. The Labute approximate surface area is 204 Å².